The summed E-state index contributed by atoms with van der Waals surface area (Å²) in [5.41, 5.74) is 2.33. The molecule has 16 heavy (non-hydrogen) atoms. The highest BCUT2D eigenvalue weighted by atomic mass is 79.9. The average molecular weight is 286 g/mol. The van der Waals surface area contributed by atoms with E-state index in [1.54, 1.807) is 6.92 Å². The molecule has 0 bridgehead atoms. The number of carbonyl (C=O) groups excluding carboxylic acids is 1. The van der Waals surface area contributed by atoms with Gasteiger partial charge in [0, 0.05) is 11.0 Å². The fourth-order valence-corrected chi connectivity index (χ4v) is 1.59. The minimum Gasteiger partial charge on any atom is -0.468 e. The summed E-state index contributed by atoms with van der Waals surface area (Å²) in [6, 6.07) is 5.83. The third kappa shape index (κ3) is 3.61. The highest BCUT2D eigenvalue weighted by Gasteiger charge is 2.11. The minimum atomic E-state index is -0.283. The quantitative estimate of drug-likeness (QED) is 0.864. The van der Waals surface area contributed by atoms with Gasteiger partial charge in [0.05, 0.1) is 7.11 Å². The Morgan fingerprint density at radius 3 is 2.81 bits per heavy atom. The topological polar surface area (TPSA) is 38.3 Å². The van der Waals surface area contributed by atoms with Crippen LogP contribution in [0.1, 0.15) is 18.1 Å². The average Bonchev–Trinajstić information content (AvgIpc) is 2.29. The lowest BCUT2D eigenvalue weighted by atomic mass is 10.1. The maximum atomic E-state index is 11.2. The summed E-state index contributed by atoms with van der Waals surface area (Å²) in [6.45, 7) is 4.49. The van der Waals surface area contributed by atoms with E-state index in [4.69, 9.17) is 0 Å². The van der Waals surface area contributed by atoms with Gasteiger partial charge in [0.1, 0.15) is 6.04 Å². The summed E-state index contributed by atoms with van der Waals surface area (Å²) in [4.78, 5) is 11.2. The molecule has 0 aliphatic rings. The van der Waals surface area contributed by atoms with Crippen molar-refractivity contribution in [2.24, 2.45) is 0 Å². The van der Waals surface area contributed by atoms with Gasteiger partial charge in [0.15, 0.2) is 0 Å². The monoisotopic (exact) mass is 285 g/mol. The van der Waals surface area contributed by atoms with Crippen molar-refractivity contribution in [2.45, 2.75) is 26.4 Å². The van der Waals surface area contributed by atoms with Crippen LogP contribution in [0.15, 0.2) is 22.7 Å². The van der Waals surface area contributed by atoms with E-state index < -0.39 is 0 Å². The number of hydrogen-bond acceptors (Lipinski definition) is 3. The normalized spacial score (nSPS) is 12.2. The first-order chi connectivity index (χ1) is 7.54. The van der Waals surface area contributed by atoms with Gasteiger partial charge in [-0.25, -0.2) is 0 Å². The predicted molar refractivity (Wildman–Crippen MR) is 67.2 cm³/mol. The van der Waals surface area contributed by atoms with Crippen LogP contribution in [0.25, 0.3) is 0 Å². The van der Waals surface area contributed by atoms with E-state index in [0.717, 1.165) is 10.0 Å². The smallest absolute Gasteiger partial charge is 0.322 e. The summed E-state index contributed by atoms with van der Waals surface area (Å²) in [5, 5.41) is 3.11. The third-order valence-electron chi connectivity index (χ3n) is 2.39. The van der Waals surface area contributed by atoms with Crippen molar-refractivity contribution in [1.82, 2.24) is 5.32 Å². The first kappa shape index (κ1) is 13.2. The maximum Gasteiger partial charge on any atom is 0.322 e. The van der Waals surface area contributed by atoms with Crippen LogP contribution >= 0.6 is 15.9 Å². The number of carbonyl (C=O) groups is 1. The van der Waals surface area contributed by atoms with E-state index in [0.29, 0.717) is 6.54 Å². The molecule has 0 unspecified atom stereocenters. The number of esters is 1. The van der Waals surface area contributed by atoms with Gasteiger partial charge in [0.25, 0.3) is 0 Å². The summed E-state index contributed by atoms with van der Waals surface area (Å²) < 4.78 is 5.73. The third-order valence-corrected chi connectivity index (χ3v) is 3.28. The van der Waals surface area contributed by atoms with Crippen molar-refractivity contribution in [3.8, 4) is 0 Å². The molecular formula is C12H16BrNO2. The van der Waals surface area contributed by atoms with Crippen molar-refractivity contribution in [3.05, 3.63) is 33.8 Å². The fourth-order valence-electron chi connectivity index (χ4n) is 1.35. The molecule has 0 fully saturated rings. The second kappa shape index (κ2) is 6.01. The molecule has 1 N–H and O–H groups in total. The molecule has 0 saturated heterocycles. The molecule has 0 heterocycles. The molecule has 0 aliphatic heterocycles. The van der Waals surface area contributed by atoms with Gasteiger partial charge in [-0.05, 0) is 31.0 Å². The lowest BCUT2D eigenvalue weighted by Crippen LogP contribution is -2.34. The van der Waals surface area contributed by atoms with Crippen LogP contribution in [-0.4, -0.2) is 19.1 Å². The predicted octanol–water partition coefficient (Wildman–Crippen LogP) is 2.41. The molecule has 0 saturated carbocycles. The Bertz CT molecular complexity index is 379. The van der Waals surface area contributed by atoms with Gasteiger partial charge in [-0.1, -0.05) is 28.1 Å². The van der Waals surface area contributed by atoms with Crippen LogP contribution in [0.4, 0.5) is 0 Å². The molecule has 0 aliphatic carbocycles. The van der Waals surface area contributed by atoms with E-state index in [9.17, 15) is 4.79 Å². The molecule has 0 radical (unpaired) electrons. The largest absolute Gasteiger partial charge is 0.468 e. The van der Waals surface area contributed by atoms with Crippen molar-refractivity contribution in [1.29, 1.82) is 0 Å². The first-order valence-electron chi connectivity index (χ1n) is 5.11. The maximum absolute atomic E-state index is 11.2. The van der Waals surface area contributed by atoms with Crippen LogP contribution in [0, 0.1) is 6.92 Å². The Kier molecular flexibility index (Phi) is 4.96. The second-order valence-electron chi connectivity index (χ2n) is 3.71. The molecule has 88 valence electrons. The summed E-state index contributed by atoms with van der Waals surface area (Å²) in [7, 11) is 1.39. The molecule has 3 nitrogen and oxygen atoms in total. The van der Waals surface area contributed by atoms with Crippen LogP contribution in [0.3, 0.4) is 0 Å². The highest BCUT2D eigenvalue weighted by Crippen LogP contribution is 2.16. The first-order valence-corrected chi connectivity index (χ1v) is 5.90. The summed E-state index contributed by atoms with van der Waals surface area (Å²) in [5.74, 6) is -0.242. The zero-order chi connectivity index (χ0) is 12.1. The molecular weight excluding hydrogens is 270 g/mol. The van der Waals surface area contributed by atoms with Gasteiger partial charge in [0.2, 0.25) is 0 Å². The van der Waals surface area contributed by atoms with Crippen LogP contribution in [0.2, 0.25) is 0 Å². The van der Waals surface area contributed by atoms with Crippen molar-refractivity contribution < 1.29 is 9.53 Å². The Balaban J connectivity index is 2.55. The van der Waals surface area contributed by atoms with Crippen molar-refractivity contribution in [2.75, 3.05) is 7.11 Å². The Morgan fingerprint density at radius 2 is 2.25 bits per heavy atom. The number of halogens is 1. The standard InChI is InChI=1S/C12H16BrNO2/c1-8-6-10(4-5-11(8)13)7-14-9(2)12(15)16-3/h4-6,9,14H,7H2,1-3H3/t9-/m0/s1. The van der Waals surface area contributed by atoms with Crippen LogP contribution < -0.4 is 5.32 Å². The summed E-state index contributed by atoms with van der Waals surface area (Å²) in [6.07, 6.45) is 0. The van der Waals surface area contributed by atoms with E-state index >= 15 is 0 Å². The molecule has 0 amide bonds. The Labute approximate surface area is 104 Å². The Morgan fingerprint density at radius 1 is 1.56 bits per heavy atom. The number of ether oxygens (including phenoxy) is 1. The van der Waals surface area contributed by atoms with Gasteiger partial charge in [-0.15, -0.1) is 0 Å². The zero-order valence-corrected chi connectivity index (χ0v) is 11.3. The number of benzene rings is 1. The van der Waals surface area contributed by atoms with Gasteiger partial charge < -0.3 is 10.1 Å². The van der Waals surface area contributed by atoms with E-state index in [2.05, 4.69) is 32.0 Å². The number of rotatable bonds is 4. The van der Waals surface area contributed by atoms with Gasteiger partial charge >= 0.3 is 5.97 Å². The highest BCUT2D eigenvalue weighted by molar-refractivity contribution is 9.10. The number of methoxy groups -OCH3 is 1. The zero-order valence-electron chi connectivity index (χ0n) is 9.71. The fraction of sp³-hybridized carbons (Fsp3) is 0.417. The van der Waals surface area contributed by atoms with Crippen LogP contribution in [-0.2, 0) is 16.1 Å². The van der Waals surface area contributed by atoms with E-state index in [1.807, 2.05) is 19.1 Å². The van der Waals surface area contributed by atoms with E-state index in [-0.39, 0.29) is 12.0 Å². The Hall–Kier alpha value is -0.870. The number of aryl methyl sites for hydroxylation is 1. The van der Waals surface area contributed by atoms with Gasteiger partial charge in [-0.2, -0.15) is 0 Å². The molecule has 4 heteroatoms. The molecule has 0 spiro atoms. The van der Waals surface area contributed by atoms with Crippen molar-refractivity contribution in [3.63, 3.8) is 0 Å². The SMILES string of the molecule is COC(=O)[C@H](C)NCc1ccc(Br)c(C)c1. The number of nitrogens with one attached hydrogen (secondary N) is 1. The lowest BCUT2D eigenvalue weighted by molar-refractivity contribution is -0.142. The molecule has 1 rings (SSSR count). The molecule has 0 aromatic heterocycles. The van der Waals surface area contributed by atoms with Gasteiger partial charge in [-0.3, -0.25) is 4.79 Å². The molecule has 1 aromatic carbocycles. The van der Waals surface area contributed by atoms with Crippen LogP contribution in [0.5, 0.6) is 0 Å². The lowest BCUT2D eigenvalue weighted by Gasteiger charge is -2.11. The number of hydrogen-bond donors (Lipinski definition) is 1. The molecule has 1 aromatic rings. The second-order valence-corrected chi connectivity index (χ2v) is 4.56. The minimum absolute atomic E-state index is 0.242. The van der Waals surface area contributed by atoms with Crippen molar-refractivity contribution >= 4 is 21.9 Å². The molecule has 1 atom stereocenters. The van der Waals surface area contributed by atoms with E-state index in [1.165, 1.54) is 12.7 Å². The summed E-state index contributed by atoms with van der Waals surface area (Å²) >= 11 is 3.45.